The van der Waals surface area contributed by atoms with E-state index < -0.39 is 6.10 Å². The Morgan fingerprint density at radius 3 is 2.40 bits per heavy atom. The molecule has 0 fully saturated rings. The molecular weight excluding hydrogens is 502 g/mol. The zero-order valence-electron chi connectivity index (χ0n) is 25.5. The first-order chi connectivity index (χ1) is 19.1. The number of benzene rings is 2. The van der Waals surface area contributed by atoms with E-state index in [1.165, 1.54) is 11.1 Å². The fraction of sp³-hybridized carbons (Fsp3) is 0.618. The first-order valence-corrected chi connectivity index (χ1v) is 15.1. The summed E-state index contributed by atoms with van der Waals surface area (Å²) >= 11 is 0. The van der Waals surface area contributed by atoms with E-state index >= 15 is 0 Å². The number of unbranched alkanes of at least 4 members (excludes halogenated alkanes) is 1. The maximum Gasteiger partial charge on any atom is 0.305 e. The van der Waals surface area contributed by atoms with Crippen molar-refractivity contribution in [2.45, 2.75) is 110 Å². The Morgan fingerprint density at radius 2 is 1.75 bits per heavy atom. The van der Waals surface area contributed by atoms with Gasteiger partial charge in [0.1, 0.15) is 5.75 Å². The fourth-order valence-corrected chi connectivity index (χ4v) is 5.79. The quantitative estimate of drug-likeness (QED) is 0.175. The minimum absolute atomic E-state index is 0.0550. The summed E-state index contributed by atoms with van der Waals surface area (Å²) < 4.78 is 17.4. The molecule has 0 unspecified atom stereocenters. The fourth-order valence-electron chi connectivity index (χ4n) is 5.79. The molecule has 2 aromatic carbocycles. The van der Waals surface area contributed by atoms with Crippen molar-refractivity contribution >= 4 is 5.97 Å². The third-order valence-electron chi connectivity index (χ3n) is 7.62. The van der Waals surface area contributed by atoms with Gasteiger partial charge in [-0.15, -0.1) is 0 Å². The highest BCUT2D eigenvalue weighted by atomic mass is 16.5. The number of nitrogens with one attached hydrogen (secondary N) is 1. The Kier molecular flexibility index (Phi) is 12.5. The van der Waals surface area contributed by atoms with Gasteiger partial charge < -0.3 is 24.6 Å². The highest BCUT2D eigenvalue weighted by Gasteiger charge is 2.28. The molecule has 1 aliphatic carbocycles. The molecule has 6 heteroatoms. The lowest BCUT2D eigenvalue weighted by Gasteiger charge is -2.31. The van der Waals surface area contributed by atoms with Crippen LogP contribution < -0.4 is 10.1 Å². The first-order valence-electron chi connectivity index (χ1n) is 15.1. The summed E-state index contributed by atoms with van der Waals surface area (Å²) in [6.07, 6.45) is 5.40. The Bertz CT molecular complexity index is 1040. The second-order valence-electron chi connectivity index (χ2n) is 12.1. The van der Waals surface area contributed by atoms with Crippen LogP contribution in [-0.2, 0) is 33.5 Å². The maximum absolute atomic E-state index is 11.7. The third kappa shape index (κ3) is 10.2. The van der Waals surface area contributed by atoms with Crippen LogP contribution in [0.4, 0.5) is 0 Å². The van der Waals surface area contributed by atoms with Crippen LogP contribution in [0.1, 0.15) is 95.6 Å². The highest BCUT2D eigenvalue weighted by Crippen LogP contribution is 2.33. The van der Waals surface area contributed by atoms with Crippen LogP contribution >= 0.6 is 0 Å². The summed E-state index contributed by atoms with van der Waals surface area (Å²) in [6.45, 7) is 13.5. The van der Waals surface area contributed by atoms with Crippen LogP contribution in [-0.4, -0.2) is 48.6 Å². The van der Waals surface area contributed by atoms with Gasteiger partial charge in [0, 0.05) is 18.5 Å². The van der Waals surface area contributed by atoms with Gasteiger partial charge in [0.2, 0.25) is 0 Å². The number of aliphatic hydroxyl groups excluding tert-OH is 1. The number of hydrogen-bond donors (Lipinski definition) is 2. The molecular formula is C34H51NO5. The molecule has 0 heterocycles. The number of esters is 1. The molecule has 0 bridgehead atoms. The van der Waals surface area contributed by atoms with E-state index in [4.69, 9.17) is 14.2 Å². The number of aliphatic hydroxyl groups is 1. The minimum atomic E-state index is -0.606. The lowest BCUT2D eigenvalue weighted by molar-refractivity contribution is -0.143. The smallest absolute Gasteiger partial charge is 0.305 e. The van der Waals surface area contributed by atoms with Crippen molar-refractivity contribution in [3.63, 3.8) is 0 Å². The average Bonchev–Trinajstić information content (AvgIpc) is 3.30. The molecule has 2 atom stereocenters. The molecule has 0 spiro atoms. The zero-order valence-corrected chi connectivity index (χ0v) is 25.5. The van der Waals surface area contributed by atoms with Gasteiger partial charge in [-0.25, -0.2) is 0 Å². The number of carbonyl (C=O) groups excluding carboxylic acids is 1. The van der Waals surface area contributed by atoms with Crippen molar-refractivity contribution in [2.24, 2.45) is 5.92 Å². The van der Waals surface area contributed by atoms with Crippen molar-refractivity contribution in [1.82, 2.24) is 5.32 Å². The van der Waals surface area contributed by atoms with E-state index in [0.29, 0.717) is 25.5 Å². The predicted octanol–water partition coefficient (Wildman–Crippen LogP) is 6.36. The SMILES string of the molecule is CCOC(=O)CCCCc1c(OC(C)C)cccc1[C@@H](C)OC[C@H](O)CNC(C)(C)CC1Cc2ccccc2C1. The Hall–Kier alpha value is -2.41. The van der Waals surface area contributed by atoms with Crippen LogP contribution in [0.15, 0.2) is 42.5 Å². The van der Waals surface area contributed by atoms with Crippen molar-refractivity contribution < 1.29 is 24.1 Å². The van der Waals surface area contributed by atoms with Gasteiger partial charge in [0.25, 0.3) is 0 Å². The van der Waals surface area contributed by atoms with Gasteiger partial charge in [-0.2, -0.15) is 0 Å². The van der Waals surface area contributed by atoms with Gasteiger partial charge in [-0.1, -0.05) is 36.4 Å². The molecule has 222 valence electrons. The van der Waals surface area contributed by atoms with Crippen LogP contribution in [0.2, 0.25) is 0 Å². The zero-order chi connectivity index (χ0) is 29.1. The number of β-amino-alcohol motifs (C(OH)–C–C–N with tert-alkyl or cyclic N) is 1. The van der Waals surface area contributed by atoms with Gasteiger partial charge in [0.15, 0.2) is 0 Å². The lowest BCUT2D eigenvalue weighted by Crippen LogP contribution is -2.45. The molecule has 2 N–H and O–H groups in total. The van der Waals surface area contributed by atoms with E-state index in [2.05, 4.69) is 49.5 Å². The number of rotatable bonds is 17. The van der Waals surface area contributed by atoms with E-state index in [1.807, 2.05) is 39.8 Å². The van der Waals surface area contributed by atoms with E-state index in [0.717, 1.165) is 55.4 Å². The first kappa shape index (κ1) is 32.1. The normalized spacial score (nSPS) is 15.2. The number of fused-ring (bicyclic) bond motifs is 1. The van der Waals surface area contributed by atoms with Crippen LogP contribution in [0.3, 0.4) is 0 Å². The number of hydrogen-bond acceptors (Lipinski definition) is 6. The summed E-state index contributed by atoms with van der Waals surface area (Å²) in [5.41, 5.74) is 5.06. The van der Waals surface area contributed by atoms with Gasteiger partial charge in [-0.3, -0.25) is 4.79 Å². The Labute approximate surface area is 241 Å². The topological polar surface area (TPSA) is 77.0 Å². The molecule has 2 aromatic rings. The summed E-state index contributed by atoms with van der Waals surface area (Å²) in [5.74, 6) is 1.34. The van der Waals surface area contributed by atoms with Crippen molar-refractivity contribution in [3.05, 3.63) is 64.7 Å². The average molecular weight is 554 g/mol. The molecule has 0 saturated heterocycles. The summed E-state index contributed by atoms with van der Waals surface area (Å²) in [7, 11) is 0. The minimum Gasteiger partial charge on any atom is -0.491 e. The van der Waals surface area contributed by atoms with Crippen molar-refractivity contribution in [3.8, 4) is 5.75 Å². The Morgan fingerprint density at radius 1 is 1.05 bits per heavy atom. The molecule has 6 nitrogen and oxygen atoms in total. The second kappa shape index (κ2) is 15.6. The summed E-state index contributed by atoms with van der Waals surface area (Å²) in [4.78, 5) is 11.7. The molecule has 0 saturated carbocycles. The molecule has 1 aliphatic rings. The lowest BCUT2D eigenvalue weighted by atomic mass is 9.88. The van der Waals surface area contributed by atoms with Crippen molar-refractivity contribution in [2.75, 3.05) is 19.8 Å². The van der Waals surface area contributed by atoms with Crippen LogP contribution in [0, 0.1) is 5.92 Å². The highest BCUT2D eigenvalue weighted by molar-refractivity contribution is 5.69. The maximum atomic E-state index is 11.7. The molecule has 0 radical (unpaired) electrons. The monoisotopic (exact) mass is 553 g/mol. The predicted molar refractivity (Wildman–Crippen MR) is 161 cm³/mol. The van der Waals surface area contributed by atoms with E-state index in [-0.39, 0.29) is 30.3 Å². The molecule has 0 aliphatic heterocycles. The third-order valence-corrected chi connectivity index (χ3v) is 7.62. The van der Waals surface area contributed by atoms with Gasteiger partial charge >= 0.3 is 5.97 Å². The summed E-state index contributed by atoms with van der Waals surface area (Å²) in [6, 6.07) is 14.8. The van der Waals surface area contributed by atoms with Gasteiger partial charge in [-0.05, 0) is 114 Å². The standard InChI is InChI=1S/C34H51NO5/c1-7-38-33(37)18-11-10-15-31-30(16-12-17-32(31)40-24(2)3)25(4)39-23-29(36)22-35-34(5,6)21-26-19-27-13-8-9-14-28(27)20-26/h8-9,12-14,16-17,24-26,29,35-36H,7,10-11,15,18-23H2,1-6H3/t25-,29-/m1/s1. The number of ether oxygens (including phenoxy) is 3. The molecule has 3 rings (SSSR count). The van der Waals surface area contributed by atoms with Gasteiger partial charge in [0.05, 0.1) is 31.5 Å². The largest absolute Gasteiger partial charge is 0.491 e. The number of carbonyl (C=O) groups is 1. The van der Waals surface area contributed by atoms with Crippen LogP contribution in [0.5, 0.6) is 5.75 Å². The second-order valence-corrected chi connectivity index (χ2v) is 12.1. The summed E-state index contributed by atoms with van der Waals surface area (Å²) in [5, 5.41) is 14.3. The van der Waals surface area contributed by atoms with E-state index in [1.54, 1.807) is 0 Å². The molecule has 0 aromatic heterocycles. The Balaban J connectivity index is 1.50. The van der Waals surface area contributed by atoms with Crippen molar-refractivity contribution in [1.29, 1.82) is 0 Å². The molecule has 0 amide bonds. The van der Waals surface area contributed by atoms with Crippen LogP contribution in [0.25, 0.3) is 0 Å². The molecule has 40 heavy (non-hydrogen) atoms. The van der Waals surface area contributed by atoms with E-state index in [9.17, 15) is 9.90 Å².